The third-order valence-corrected chi connectivity index (χ3v) is 5.01. The van der Waals surface area contributed by atoms with E-state index in [4.69, 9.17) is 18.5 Å². The minimum Gasteiger partial charge on any atom is -0.462 e. The molecule has 0 aromatic heterocycles. The van der Waals surface area contributed by atoms with Crippen LogP contribution in [0.3, 0.4) is 0 Å². The molecule has 0 heterocycles. The maximum Gasteiger partial charge on any atom is 0.418 e. The molecule has 170 valence electrons. The average Bonchev–Trinajstić information content (AvgIpc) is 2.75. The van der Waals surface area contributed by atoms with Crippen LogP contribution in [-0.2, 0) is 36.5 Å². The predicted octanol–water partition coefficient (Wildman–Crippen LogP) is 4.86. The van der Waals surface area contributed by atoms with Gasteiger partial charge >= 0.3 is 20.2 Å². The van der Waals surface area contributed by atoms with Gasteiger partial charge in [0.25, 0.3) is 0 Å². The van der Waals surface area contributed by atoms with Gasteiger partial charge < -0.3 is 18.5 Å². The molecule has 0 saturated heterocycles. The Hall–Kier alpha value is -3.31. The lowest BCUT2D eigenvalue weighted by atomic mass is 10.1. The van der Waals surface area contributed by atoms with Gasteiger partial charge in [-0.05, 0) is 37.1 Å². The zero-order valence-corrected chi connectivity index (χ0v) is 19.2. The van der Waals surface area contributed by atoms with Crippen LogP contribution in [0.4, 0.5) is 0 Å². The quantitative estimate of drug-likeness (QED) is 0.255. The van der Waals surface area contributed by atoms with E-state index in [2.05, 4.69) is 13.2 Å². The SMILES string of the molecule is C=C(C)C(=O)OCCc1ccccc1O[PH](=O)Oc1ccccc1CCOC(=O)C(=C)C. The molecule has 0 radical (unpaired) electrons. The molecule has 0 fully saturated rings. The smallest absolute Gasteiger partial charge is 0.418 e. The third kappa shape index (κ3) is 8.08. The summed E-state index contributed by atoms with van der Waals surface area (Å²) in [5, 5.41) is 0. The topological polar surface area (TPSA) is 88.1 Å². The van der Waals surface area contributed by atoms with Crippen molar-refractivity contribution in [1.82, 2.24) is 0 Å². The van der Waals surface area contributed by atoms with Crippen molar-refractivity contribution >= 4 is 20.2 Å². The number of esters is 2. The van der Waals surface area contributed by atoms with E-state index >= 15 is 0 Å². The molecule has 0 amide bonds. The Bertz CT molecular complexity index is 933. The largest absolute Gasteiger partial charge is 0.462 e. The fourth-order valence-corrected chi connectivity index (χ4v) is 3.37. The number of ether oxygens (including phenoxy) is 2. The molecule has 2 rings (SSSR count). The number of para-hydroxylation sites is 2. The van der Waals surface area contributed by atoms with Crippen molar-refractivity contribution in [3.63, 3.8) is 0 Å². The van der Waals surface area contributed by atoms with Gasteiger partial charge in [-0.3, -0.25) is 0 Å². The highest BCUT2D eigenvalue weighted by atomic mass is 31.1. The number of carbonyl (C=O) groups is 2. The van der Waals surface area contributed by atoms with Gasteiger partial charge in [-0.2, -0.15) is 0 Å². The third-order valence-electron chi connectivity index (χ3n) is 4.24. The van der Waals surface area contributed by atoms with E-state index in [1.54, 1.807) is 50.2 Å². The Morgan fingerprint density at radius 2 is 1.12 bits per heavy atom. The molecule has 32 heavy (non-hydrogen) atoms. The first-order chi connectivity index (χ1) is 15.3. The molecule has 0 aliphatic heterocycles. The molecule has 0 bridgehead atoms. The summed E-state index contributed by atoms with van der Waals surface area (Å²) in [6.07, 6.45) is 0.768. The van der Waals surface area contributed by atoms with Crippen molar-refractivity contribution in [2.24, 2.45) is 0 Å². The molecule has 8 heteroatoms. The summed E-state index contributed by atoms with van der Waals surface area (Å²) in [6, 6.07) is 14.0. The van der Waals surface area contributed by atoms with Crippen molar-refractivity contribution in [2.75, 3.05) is 13.2 Å². The van der Waals surface area contributed by atoms with Gasteiger partial charge in [-0.25, -0.2) is 14.2 Å². The van der Waals surface area contributed by atoms with Crippen LogP contribution in [0, 0.1) is 0 Å². The Balaban J connectivity index is 1.97. The second-order valence-corrected chi connectivity index (χ2v) is 7.91. The molecule has 0 spiro atoms. The number of carbonyl (C=O) groups excluding carboxylic acids is 2. The van der Waals surface area contributed by atoms with E-state index in [9.17, 15) is 14.2 Å². The summed E-state index contributed by atoms with van der Waals surface area (Å²) in [4.78, 5) is 23.1. The molecule has 0 N–H and O–H groups in total. The molecule has 7 nitrogen and oxygen atoms in total. The van der Waals surface area contributed by atoms with Crippen LogP contribution in [0.2, 0.25) is 0 Å². The Morgan fingerprint density at radius 1 is 0.750 bits per heavy atom. The lowest BCUT2D eigenvalue weighted by Gasteiger charge is -2.14. The van der Waals surface area contributed by atoms with E-state index in [1.165, 1.54) is 0 Å². The maximum atomic E-state index is 12.6. The number of benzene rings is 2. The first kappa shape index (κ1) is 25.0. The number of rotatable bonds is 12. The summed E-state index contributed by atoms with van der Waals surface area (Å²) in [5.74, 6) is -0.164. The minimum absolute atomic E-state index is 0.138. The minimum atomic E-state index is -2.94. The van der Waals surface area contributed by atoms with Crippen molar-refractivity contribution in [3.8, 4) is 11.5 Å². The Morgan fingerprint density at radius 3 is 1.50 bits per heavy atom. The monoisotopic (exact) mass is 458 g/mol. The van der Waals surface area contributed by atoms with Crippen LogP contribution in [0.5, 0.6) is 11.5 Å². The summed E-state index contributed by atoms with van der Waals surface area (Å²) in [7, 11) is -2.94. The highest BCUT2D eigenvalue weighted by Crippen LogP contribution is 2.34. The molecule has 2 aromatic rings. The molecule has 2 aromatic carbocycles. The van der Waals surface area contributed by atoms with Gasteiger partial charge in [0, 0.05) is 24.0 Å². The van der Waals surface area contributed by atoms with E-state index < -0.39 is 20.2 Å². The second-order valence-electron chi connectivity index (χ2n) is 7.00. The summed E-state index contributed by atoms with van der Waals surface area (Å²) in [5.41, 5.74) is 2.09. The van der Waals surface area contributed by atoms with Crippen LogP contribution < -0.4 is 9.05 Å². The van der Waals surface area contributed by atoms with Crippen LogP contribution >= 0.6 is 8.25 Å². The number of hydrogen-bond acceptors (Lipinski definition) is 7. The van der Waals surface area contributed by atoms with E-state index in [-0.39, 0.29) is 13.2 Å². The Labute approximate surface area is 188 Å². The predicted molar refractivity (Wildman–Crippen MR) is 122 cm³/mol. The lowest BCUT2D eigenvalue weighted by molar-refractivity contribution is -0.139. The molecular weight excluding hydrogens is 431 g/mol. The maximum absolute atomic E-state index is 12.6. The zero-order valence-electron chi connectivity index (χ0n) is 18.2. The van der Waals surface area contributed by atoms with Gasteiger partial charge in [-0.15, -0.1) is 0 Å². The van der Waals surface area contributed by atoms with E-state index in [0.717, 1.165) is 11.1 Å². The van der Waals surface area contributed by atoms with Crippen LogP contribution in [-0.4, -0.2) is 25.2 Å². The molecular formula is C24H27O7P. The molecule has 0 aliphatic carbocycles. The van der Waals surface area contributed by atoms with Gasteiger partial charge in [0.1, 0.15) is 11.5 Å². The van der Waals surface area contributed by atoms with Crippen molar-refractivity contribution in [1.29, 1.82) is 0 Å². The fraction of sp³-hybridized carbons (Fsp3) is 0.250. The summed E-state index contributed by atoms with van der Waals surface area (Å²) >= 11 is 0. The van der Waals surface area contributed by atoms with Gasteiger partial charge in [0.2, 0.25) is 0 Å². The molecule has 0 atom stereocenters. The van der Waals surface area contributed by atoms with Crippen LogP contribution in [0.15, 0.2) is 72.8 Å². The first-order valence-electron chi connectivity index (χ1n) is 9.98. The van der Waals surface area contributed by atoms with Gasteiger partial charge in [0.15, 0.2) is 0 Å². The van der Waals surface area contributed by atoms with Crippen molar-refractivity contribution < 1.29 is 32.7 Å². The van der Waals surface area contributed by atoms with Crippen molar-refractivity contribution in [2.45, 2.75) is 26.7 Å². The fourth-order valence-electron chi connectivity index (χ4n) is 2.57. The zero-order chi connectivity index (χ0) is 23.5. The normalized spacial score (nSPS) is 10.3. The highest BCUT2D eigenvalue weighted by Gasteiger charge is 2.13. The average molecular weight is 458 g/mol. The number of hydrogen-bond donors (Lipinski definition) is 0. The van der Waals surface area contributed by atoms with E-state index in [1.807, 2.05) is 12.1 Å². The standard InChI is InChI=1S/C24H27O7P/c1-17(2)23(25)28-15-13-19-9-5-7-11-21(19)30-32(27)31-22-12-8-6-10-20(22)14-16-29-24(26)18(3)4/h5-12,32H,1,3,13-16H2,2,4H3. The highest BCUT2D eigenvalue weighted by molar-refractivity contribution is 7.34. The van der Waals surface area contributed by atoms with Gasteiger partial charge in [-0.1, -0.05) is 49.6 Å². The van der Waals surface area contributed by atoms with Crippen LogP contribution in [0.25, 0.3) is 0 Å². The van der Waals surface area contributed by atoms with Crippen molar-refractivity contribution in [3.05, 3.63) is 84.0 Å². The lowest BCUT2D eigenvalue weighted by Crippen LogP contribution is -2.09. The Kier molecular flexibility index (Phi) is 9.76. The second kappa shape index (κ2) is 12.5. The van der Waals surface area contributed by atoms with Gasteiger partial charge in [0.05, 0.1) is 13.2 Å². The summed E-state index contributed by atoms with van der Waals surface area (Å²) < 4.78 is 33.9. The van der Waals surface area contributed by atoms with Crippen LogP contribution in [0.1, 0.15) is 25.0 Å². The molecule has 0 unspecified atom stereocenters. The van der Waals surface area contributed by atoms with E-state index in [0.29, 0.717) is 35.5 Å². The first-order valence-corrected chi connectivity index (χ1v) is 11.2. The summed E-state index contributed by atoms with van der Waals surface area (Å²) in [6.45, 7) is 10.5. The molecule has 0 aliphatic rings. The molecule has 0 saturated carbocycles.